The van der Waals surface area contributed by atoms with Crippen LogP contribution in [0.3, 0.4) is 0 Å². The van der Waals surface area contributed by atoms with Crippen molar-refractivity contribution in [3.05, 3.63) is 30.5 Å². The summed E-state index contributed by atoms with van der Waals surface area (Å²) < 4.78 is 9.56. The topological polar surface area (TPSA) is 69.4 Å². The van der Waals surface area contributed by atoms with Crippen LogP contribution < -0.4 is 0 Å². The van der Waals surface area contributed by atoms with Gasteiger partial charge in [0.2, 0.25) is 0 Å². The minimum absolute atomic E-state index is 0.170. The fraction of sp³-hybridized carbons (Fsp3) is 0.417. The molecule has 5 nitrogen and oxygen atoms in total. The van der Waals surface area contributed by atoms with Crippen molar-refractivity contribution >= 4 is 11.8 Å². The molecule has 0 saturated heterocycles. The average Bonchev–Trinajstić information content (AvgIpc) is 2.79. The maximum absolute atomic E-state index is 11.6. The molecule has 1 aromatic heterocycles. The summed E-state index contributed by atoms with van der Waals surface area (Å²) >= 11 is 0. The number of nitrogens with zero attached hydrogens (tertiary/aromatic N) is 1. The molecule has 0 atom stereocenters. The Morgan fingerprint density at radius 3 is 2.71 bits per heavy atom. The van der Waals surface area contributed by atoms with Crippen LogP contribution in [0.4, 0.5) is 0 Å². The Kier molecular flexibility index (Phi) is 4.20. The van der Waals surface area contributed by atoms with E-state index in [4.69, 9.17) is 4.42 Å². The van der Waals surface area contributed by atoms with Crippen molar-refractivity contribution in [2.75, 3.05) is 7.11 Å². The second-order valence-corrected chi connectivity index (χ2v) is 4.25. The number of hydrogen-bond acceptors (Lipinski definition) is 5. The molecule has 0 aliphatic carbocycles. The standard InChI is InChI=1S/C12H15NO4/c1-12(2,10-7-13-8-17-10)6-9(14)4-5-11(15)16-3/h4-5,7-8H,6H2,1-3H3/b5-4+. The van der Waals surface area contributed by atoms with Gasteiger partial charge >= 0.3 is 5.97 Å². The van der Waals surface area contributed by atoms with Crippen molar-refractivity contribution in [2.45, 2.75) is 25.7 Å². The second kappa shape index (κ2) is 5.43. The van der Waals surface area contributed by atoms with E-state index in [9.17, 15) is 9.59 Å². The third-order valence-electron chi connectivity index (χ3n) is 2.32. The van der Waals surface area contributed by atoms with E-state index in [1.807, 2.05) is 13.8 Å². The Balaban J connectivity index is 2.63. The van der Waals surface area contributed by atoms with Crippen molar-refractivity contribution in [1.82, 2.24) is 4.98 Å². The van der Waals surface area contributed by atoms with E-state index in [0.717, 1.165) is 6.08 Å². The zero-order chi connectivity index (χ0) is 12.9. The maximum Gasteiger partial charge on any atom is 0.330 e. The van der Waals surface area contributed by atoms with E-state index in [2.05, 4.69) is 9.72 Å². The quantitative estimate of drug-likeness (QED) is 0.575. The number of allylic oxidation sites excluding steroid dienone is 1. The van der Waals surface area contributed by atoms with Crippen molar-refractivity contribution in [3.63, 3.8) is 0 Å². The number of esters is 1. The number of oxazole rings is 1. The van der Waals surface area contributed by atoms with E-state index in [0.29, 0.717) is 5.76 Å². The molecule has 0 aliphatic heterocycles. The molecular formula is C12H15NO4. The van der Waals surface area contributed by atoms with Crippen LogP contribution in [-0.2, 0) is 19.7 Å². The summed E-state index contributed by atoms with van der Waals surface area (Å²) in [6, 6.07) is 0. The molecule has 17 heavy (non-hydrogen) atoms. The summed E-state index contributed by atoms with van der Waals surface area (Å²) in [7, 11) is 1.26. The zero-order valence-corrected chi connectivity index (χ0v) is 10.1. The molecule has 0 N–H and O–H groups in total. The Morgan fingerprint density at radius 1 is 1.47 bits per heavy atom. The Morgan fingerprint density at radius 2 is 2.18 bits per heavy atom. The molecule has 1 rings (SSSR count). The number of aromatic nitrogens is 1. The first-order chi connectivity index (χ1) is 7.95. The van der Waals surface area contributed by atoms with Gasteiger partial charge in [-0.05, 0) is 6.08 Å². The van der Waals surface area contributed by atoms with Crippen LogP contribution >= 0.6 is 0 Å². The number of ether oxygens (including phenoxy) is 1. The lowest BCUT2D eigenvalue weighted by molar-refractivity contribution is -0.135. The minimum Gasteiger partial charge on any atom is -0.466 e. The van der Waals surface area contributed by atoms with Gasteiger partial charge in [0, 0.05) is 17.9 Å². The monoisotopic (exact) mass is 237 g/mol. The molecule has 1 heterocycles. The van der Waals surface area contributed by atoms with E-state index >= 15 is 0 Å². The highest BCUT2D eigenvalue weighted by molar-refractivity contribution is 5.96. The molecule has 0 saturated carbocycles. The van der Waals surface area contributed by atoms with E-state index in [1.54, 1.807) is 6.20 Å². The first-order valence-corrected chi connectivity index (χ1v) is 5.13. The van der Waals surface area contributed by atoms with Gasteiger partial charge in [-0.3, -0.25) is 4.79 Å². The van der Waals surface area contributed by atoms with Gasteiger partial charge in [0.1, 0.15) is 5.76 Å². The molecule has 0 bridgehead atoms. The van der Waals surface area contributed by atoms with E-state index < -0.39 is 11.4 Å². The van der Waals surface area contributed by atoms with Gasteiger partial charge in [-0.2, -0.15) is 0 Å². The maximum atomic E-state index is 11.6. The normalized spacial score (nSPS) is 11.7. The Bertz CT molecular complexity index is 418. The van der Waals surface area contributed by atoms with Gasteiger partial charge < -0.3 is 9.15 Å². The van der Waals surface area contributed by atoms with Gasteiger partial charge in [-0.1, -0.05) is 13.8 Å². The first-order valence-electron chi connectivity index (χ1n) is 5.13. The molecule has 0 amide bonds. The number of hydrogen-bond donors (Lipinski definition) is 0. The smallest absolute Gasteiger partial charge is 0.330 e. The molecule has 0 spiro atoms. The van der Waals surface area contributed by atoms with Gasteiger partial charge in [0.15, 0.2) is 12.2 Å². The number of carbonyl (C=O) groups excluding carboxylic acids is 2. The van der Waals surface area contributed by atoms with Crippen LogP contribution in [0.1, 0.15) is 26.0 Å². The number of ketones is 1. The number of rotatable bonds is 5. The van der Waals surface area contributed by atoms with Crippen LogP contribution in [0.15, 0.2) is 29.2 Å². The van der Waals surface area contributed by atoms with Gasteiger partial charge in [0.05, 0.1) is 13.3 Å². The highest BCUT2D eigenvalue weighted by atomic mass is 16.5. The highest BCUT2D eigenvalue weighted by Gasteiger charge is 2.26. The van der Waals surface area contributed by atoms with Crippen molar-refractivity contribution in [3.8, 4) is 0 Å². The predicted molar refractivity (Wildman–Crippen MR) is 60.3 cm³/mol. The van der Waals surface area contributed by atoms with Gasteiger partial charge in [-0.15, -0.1) is 0 Å². The SMILES string of the molecule is COC(=O)/C=C/C(=O)CC(C)(C)c1cnco1. The molecule has 0 aliphatic rings. The fourth-order valence-corrected chi connectivity index (χ4v) is 1.36. The first kappa shape index (κ1) is 13.2. The zero-order valence-electron chi connectivity index (χ0n) is 10.1. The van der Waals surface area contributed by atoms with E-state index in [-0.39, 0.29) is 12.2 Å². The summed E-state index contributed by atoms with van der Waals surface area (Å²) in [6.45, 7) is 3.74. The third kappa shape index (κ3) is 3.86. The van der Waals surface area contributed by atoms with E-state index in [1.165, 1.54) is 19.6 Å². The number of methoxy groups -OCH3 is 1. The lowest BCUT2D eigenvalue weighted by Crippen LogP contribution is -2.20. The van der Waals surface area contributed by atoms with Gasteiger partial charge in [0.25, 0.3) is 0 Å². The lowest BCUT2D eigenvalue weighted by atomic mass is 9.85. The summed E-state index contributed by atoms with van der Waals surface area (Å²) in [5, 5.41) is 0. The summed E-state index contributed by atoms with van der Waals surface area (Å²) in [5.74, 6) is -0.0788. The van der Waals surface area contributed by atoms with Crippen molar-refractivity contribution in [1.29, 1.82) is 0 Å². The molecule has 92 valence electrons. The van der Waals surface area contributed by atoms with Gasteiger partial charge in [-0.25, -0.2) is 9.78 Å². The van der Waals surface area contributed by atoms with Crippen LogP contribution in [0.25, 0.3) is 0 Å². The van der Waals surface area contributed by atoms with Crippen molar-refractivity contribution < 1.29 is 18.7 Å². The summed E-state index contributed by atoms with van der Waals surface area (Å²) in [4.78, 5) is 26.3. The van der Waals surface area contributed by atoms with Crippen molar-refractivity contribution in [2.24, 2.45) is 0 Å². The van der Waals surface area contributed by atoms with Crippen LogP contribution in [0, 0.1) is 0 Å². The highest BCUT2D eigenvalue weighted by Crippen LogP contribution is 2.26. The van der Waals surface area contributed by atoms with Crippen LogP contribution in [-0.4, -0.2) is 23.8 Å². The molecule has 0 radical (unpaired) electrons. The molecule has 5 heteroatoms. The lowest BCUT2D eigenvalue weighted by Gasteiger charge is -2.19. The largest absolute Gasteiger partial charge is 0.466 e. The molecule has 0 fully saturated rings. The molecule has 0 aromatic carbocycles. The second-order valence-electron chi connectivity index (χ2n) is 4.25. The molecule has 1 aromatic rings. The van der Waals surface area contributed by atoms with Crippen LogP contribution in [0.2, 0.25) is 0 Å². The predicted octanol–water partition coefficient (Wildman–Crippen LogP) is 1.64. The molecule has 0 unspecified atom stereocenters. The molecular weight excluding hydrogens is 222 g/mol. The Hall–Kier alpha value is -1.91. The summed E-state index contributed by atoms with van der Waals surface area (Å²) in [6.07, 6.45) is 5.46. The third-order valence-corrected chi connectivity index (χ3v) is 2.32. The fourth-order valence-electron chi connectivity index (χ4n) is 1.36. The van der Waals surface area contributed by atoms with Crippen LogP contribution in [0.5, 0.6) is 0 Å². The minimum atomic E-state index is -0.546. The Labute approximate surface area is 99.5 Å². The number of carbonyl (C=O) groups is 2. The summed E-state index contributed by atoms with van der Waals surface area (Å²) in [5.41, 5.74) is -0.450. The average molecular weight is 237 g/mol.